The van der Waals surface area contributed by atoms with Crippen molar-refractivity contribution in [2.45, 2.75) is 386 Å². The molecule has 0 aliphatic heterocycles. The van der Waals surface area contributed by atoms with Gasteiger partial charge in [-0.15, -0.1) is 0 Å². The van der Waals surface area contributed by atoms with Crippen LogP contribution in [0.5, 0.6) is 0 Å². The lowest BCUT2D eigenvalue weighted by Gasteiger charge is -2.26. The summed E-state index contributed by atoms with van der Waals surface area (Å²) in [5, 5.41) is 14.2. The summed E-state index contributed by atoms with van der Waals surface area (Å²) in [6.07, 6.45) is 101. The Balaban J connectivity index is 3.95. The van der Waals surface area contributed by atoms with E-state index in [0.717, 1.165) is 83.5 Å². The third-order valence-electron chi connectivity index (χ3n) is 17.7. The van der Waals surface area contributed by atoms with Gasteiger partial charge in [0.05, 0.1) is 39.9 Å². The van der Waals surface area contributed by atoms with Crippen LogP contribution in [0.2, 0.25) is 0 Å². The fraction of sp³-hybridized carbons (Fsp3) is 0.815. The van der Waals surface area contributed by atoms with Crippen LogP contribution in [0, 0.1) is 0 Å². The molecule has 0 aliphatic rings. The molecule has 0 radical (unpaired) electrons. The fourth-order valence-electron chi connectivity index (χ4n) is 11.7. The molecular weight excluding hydrogens is 1130 g/mol. The Kier molecular flexibility index (Phi) is 69.2. The highest BCUT2D eigenvalue weighted by molar-refractivity contribution is 7.47. The molecule has 3 unspecified atom stereocenters. The summed E-state index contributed by atoms with van der Waals surface area (Å²) in [6.45, 7) is 4.82. The average molecular weight is 1280 g/mol. The Bertz CT molecular complexity index is 1750. The Morgan fingerprint density at radius 2 is 0.667 bits per heavy atom. The maximum Gasteiger partial charge on any atom is 0.472 e. The summed E-state index contributed by atoms with van der Waals surface area (Å²) in [7, 11) is 1.63. The first-order chi connectivity index (χ1) is 44.0. The number of nitrogens with one attached hydrogen (secondary N) is 1. The first-order valence-corrected chi connectivity index (χ1v) is 40.4. The maximum atomic E-state index is 13.1. The zero-order valence-corrected chi connectivity index (χ0v) is 61.3. The number of allylic oxidation sites excluding steroid dienone is 14. The van der Waals surface area contributed by atoms with Gasteiger partial charge >= 0.3 is 7.82 Å². The van der Waals surface area contributed by atoms with Gasteiger partial charge in [0.1, 0.15) is 13.2 Å². The zero-order valence-electron chi connectivity index (χ0n) is 60.4. The number of carbonyl (C=O) groups is 1. The Hall–Kier alpha value is -2.32. The molecule has 3 N–H and O–H groups in total. The quantitative estimate of drug-likeness (QED) is 0.0243. The van der Waals surface area contributed by atoms with Gasteiger partial charge in [0, 0.05) is 6.42 Å². The van der Waals surface area contributed by atoms with Crippen LogP contribution in [0.1, 0.15) is 373 Å². The van der Waals surface area contributed by atoms with E-state index in [2.05, 4.69) is 104 Å². The smallest absolute Gasteiger partial charge is 0.391 e. The van der Waals surface area contributed by atoms with Crippen LogP contribution in [0.4, 0.5) is 0 Å². The zero-order chi connectivity index (χ0) is 65.5. The predicted octanol–water partition coefficient (Wildman–Crippen LogP) is 25.5. The lowest BCUT2D eigenvalue weighted by atomic mass is 10.0. The van der Waals surface area contributed by atoms with Gasteiger partial charge < -0.3 is 19.8 Å². The second kappa shape index (κ2) is 71.0. The molecule has 0 aliphatic carbocycles. The number of hydrogen-bond acceptors (Lipinski definition) is 5. The molecule has 0 fully saturated rings. The number of phosphoric acid groups is 1. The Morgan fingerprint density at radius 3 is 0.978 bits per heavy atom. The monoisotopic (exact) mass is 1280 g/mol. The van der Waals surface area contributed by atoms with Crippen molar-refractivity contribution in [3.8, 4) is 0 Å². The van der Waals surface area contributed by atoms with E-state index in [0.29, 0.717) is 23.9 Å². The Morgan fingerprint density at radius 1 is 0.389 bits per heavy atom. The third-order valence-corrected chi connectivity index (χ3v) is 18.6. The lowest BCUT2D eigenvalue weighted by molar-refractivity contribution is -0.870. The Labute approximate surface area is 560 Å². The lowest BCUT2D eigenvalue weighted by Crippen LogP contribution is -2.46. The molecular formula is C81H152N2O6P+. The van der Waals surface area contributed by atoms with Gasteiger partial charge in [0.25, 0.3) is 0 Å². The molecule has 0 heterocycles. The second-order valence-corrected chi connectivity index (χ2v) is 29.2. The van der Waals surface area contributed by atoms with E-state index in [4.69, 9.17) is 9.05 Å². The highest BCUT2D eigenvalue weighted by Gasteiger charge is 2.28. The number of rotatable bonds is 72. The van der Waals surface area contributed by atoms with Crippen LogP contribution in [-0.4, -0.2) is 73.4 Å². The summed E-state index contributed by atoms with van der Waals surface area (Å²) in [4.78, 5) is 23.5. The number of nitrogens with zero attached hydrogens (tertiary/aromatic N) is 1. The van der Waals surface area contributed by atoms with E-state index in [-0.39, 0.29) is 19.1 Å². The highest BCUT2D eigenvalue weighted by atomic mass is 31.2. The summed E-state index contributed by atoms with van der Waals surface area (Å²) < 4.78 is 23.9. The number of aliphatic hydroxyl groups is 1. The number of hydrogen-bond donors (Lipinski definition) is 3. The van der Waals surface area contributed by atoms with Gasteiger partial charge in [-0.3, -0.25) is 13.8 Å². The van der Waals surface area contributed by atoms with E-state index >= 15 is 0 Å². The number of aliphatic hydroxyl groups excluding tert-OH is 1. The van der Waals surface area contributed by atoms with Gasteiger partial charge in [0.2, 0.25) is 5.91 Å². The van der Waals surface area contributed by atoms with E-state index < -0.39 is 20.0 Å². The number of carbonyl (C=O) groups excluding carboxylic acids is 1. The van der Waals surface area contributed by atoms with Crippen LogP contribution >= 0.6 is 7.82 Å². The van der Waals surface area contributed by atoms with Crippen molar-refractivity contribution >= 4 is 13.7 Å². The van der Waals surface area contributed by atoms with E-state index in [1.807, 2.05) is 21.1 Å². The van der Waals surface area contributed by atoms with Crippen LogP contribution < -0.4 is 5.32 Å². The molecule has 0 saturated heterocycles. The van der Waals surface area contributed by atoms with E-state index in [1.54, 1.807) is 0 Å². The molecule has 0 aromatic rings. The summed E-state index contributed by atoms with van der Waals surface area (Å²) in [5.74, 6) is -0.139. The normalized spacial score (nSPS) is 14.0. The molecule has 90 heavy (non-hydrogen) atoms. The number of unbranched alkanes of at least 4 members (excludes halogenated alkanes) is 45. The van der Waals surface area contributed by atoms with Crippen molar-refractivity contribution in [2.75, 3.05) is 40.9 Å². The van der Waals surface area contributed by atoms with Crippen LogP contribution in [-0.2, 0) is 18.4 Å². The second-order valence-electron chi connectivity index (χ2n) is 27.7. The molecule has 0 bridgehead atoms. The van der Waals surface area contributed by atoms with Gasteiger partial charge in [-0.2, -0.15) is 0 Å². The van der Waals surface area contributed by atoms with Gasteiger partial charge in [-0.05, 0) is 70.6 Å². The fourth-order valence-corrected chi connectivity index (χ4v) is 12.4. The minimum Gasteiger partial charge on any atom is -0.391 e. The SMILES string of the molecule is CC/C=C\C/C=C\C/C=C\C/C=C\C/C=C\C/C=C\C/C=C\CCCCCCCCCCCCCCCCCCCCCC(=O)NC(COP(=O)(O)OCC[N+](C)(C)C)C(O)CCCCCCCCCCCCCCCCCCCCCCCCCCCCC. The van der Waals surface area contributed by atoms with Gasteiger partial charge in [0.15, 0.2) is 0 Å². The first kappa shape index (κ1) is 87.7. The molecule has 0 aromatic heterocycles. The van der Waals surface area contributed by atoms with Crippen molar-refractivity contribution in [3.63, 3.8) is 0 Å². The van der Waals surface area contributed by atoms with Gasteiger partial charge in [-0.25, -0.2) is 4.57 Å². The number of likely N-dealkylation sites (N-methyl/N-ethyl adjacent to an activating group) is 1. The topological polar surface area (TPSA) is 105 Å². The van der Waals surface area contributed by atoms with Crippen LogP contribution in [0.15, 0.2) is 85.1 Å². The van der Waals surface area contributed by atoms with Crippen molar-refractivity contribution in [3.05, 3.63) is 85.1 Å². The number of amides is 1. The van der Waals surface area contributed by atoms with Crippen molar-refractivity contribution in [1.29, 1.82) is 0 Å². The minimum absolute atomic E-state index is 0.0748. The molecule has 8 nitrogen and oxygen atoms in total. The molecule has 0 spiro atoms. The van der Waals surface area contributed by atoms with Crippen molar-refractivity contribution in [1.82, 2.24) is 5.32 Å². The summed E-state index contributed by atoms with van der Waals surface area (Å²) >= 11 is 0. The first-order valence-electron chi connectivity index (χ1n) is 39.0. The maximum absolute atomic E-state index is 13.1. The van der Waals surface area contributed by atoms with Crippen LogP contribution in [0.3, 0.4) is 0 Å². The molecule has 526 valence electrons. The summed E-state index contributed by atoms with van der Waals surface area (Å²) in [5.41, 5.74) is 0. The van der Waals surface area contributed by atoms with E-state index in [1.165, 1.54) is 263 Å². The molecule has 3 atom stereocenters. The minimum atomic E-state index is -4.33. The van der Waals surface area contributed by atoms with Gasteiger partial charge in [-0.1, -0.05) is 381 Å². The van der Waals surface area contributed by atoms with Crippen molar-refractivity contribution < 1.29 is 32.9 Å². The molecule has 1 amide bonds. The van der Waals surface area contributed by atoms with Crippen LogP contribution in [0.25, 0.3) is 0 Å². The predicted molar refractivity (Wildman–Crippen MR) is 396 cm³/mol. The molecule has 0 saturated carbocycles. The largest absolute Gasteiger partial charge is 0.472 e. The molecule has 0 rings (SSSR count). The highest BCUT2D eigenvalue weighted by Crippen LogP contribution is 2.43. The van der Waals surface area contributed by atoms with Crippen molar-refractivity contribution in [2.24, 2.45) is 0 Å². The van der Waals surface area contributed by atoms with E-state index in [9.17, 15) is 19.4 Å². The number of quaternary nitrogens is 1. The third kappa shape index (κ3) is 73.1. The average Bonchev–Trinajstić information content (AvgIpc) is 3.09. The number of phosphoric ester groups is 1. The molecule has 9 heteroatoms. The molecule has 0 aromatic carbocycles. The standard InChI is InChI=1S/C81H151N2O6P/c1-6-8-10-12-14-16-18-20-22-24-26-28-30-32-34-35-36-37-38-39-40-41-42-43-44-45-46-47-49-51-53-55-57-59-61-63-65-67-69-71-73-75-81(85)82-79(78-89-90(86,87)88-77-76-83(3,4)5)80(84)74-72-70-68-66-64-62-60-58-56-54-52-50-48-33-31-29-27-25-23-21-19-17-15-13-11-9-7-2/h8,10,14,16,20,22,26,28,32,34,36-37,39-40,79-80,84H,6-7,9,11-13,15,17-19,21,23-25,27,29-31,33,35,38,41-78H2,1-5H3,(H-,82,85,86,87)/p+1/b10-8-,16-14-,22-20-,28-26-,34-32-,37-36-,40-39-. The summed E-state index contributed by atoms with van der Waals surface area (Å²) in [6, 6.07) is -0.764.